The molecule has 2 N–H and O–H groups in total. The van der Waals surface area contributed by atoms with Crippen molar-refractivity contribution >= 4 is 23.5 Å². The van der Waals surface area contributed by atoms with E-state index in [9.17, 15) is 9.59 Å². The van der Waals surface area contributed by atoms with Crippen molar-refractivity contribution < 1.29 is 9.59 Å². The number of benzene rings is 1. The summed E-state index contributed by atoms with van der Waals surface area (Å²) in [7, 11) is 0. The van der Waals surface area contributed by atoms with E-state index in [4.69, 9.17) is 11.6 Å². The van der Waals surface area contributed by atoms with Gasteiger partial charge in [0.15, 0.2) is 0 Å². The maximum Gasteiger partial charge on any atom is 0.315 e. The van der Waals surface area contributed by atoms with Gasteiger partial charge >= 0.3 is 6.03 Å². The molecule has 0 saturated carbocycles. The van der Waals surface area contributed by atoms with E-state index in [1.165, 1.54) is 0 Å². The number of hydrogen-bond donors (Lipinski definition) is 2. The number of rotatable bonds is 4. The molecule has 1 aliphatic rings. The fourth-order valence-corrected chi connectivity index (χ4v) is 2.54. The van der Waals surface area contributed by atoms with E-state index in [0.29, 0.717) is 24.5 Å². The van der Waals surface area contributed by atoms with Gasteiger partial charge in [-0.15, -0.1) is 0 Å². The zero-order chi connectivity index (χ0) is 15.4. The van der Waals surface area contributed by atoms with Crippen LogP contribution < -0.4 is 10.6 Å². The molecule has 1 heterocycles. The Bertz CT molecular complexity index is 533. The van der Waals surface area contributed by atoms with Gasteiger partial charge in [-0.1, -0.05) is 29.8 Å². The smallest absolute Gasteiger partial charge is 0.315 e. The van der Waals surface area contributed by atoms with Crippen LogP contribution in [-0.2, 0) is 11.3 Å². The van der Waals surface area contributed by atoms with E-state index in [1.807, 2.05) is 38.1 Å². The summed E-state index contributed by atoms with van der Waals surface area (Å²) in [5.74, 6) is 0.0322. The normalized spacial score (nSPS) is 18.2. The van der Waals surface area contributed by atoms with Gasteiger partial charge in [-0.05, 0) is 25.5 Å². The maximum atomic E-state index is 12.0. The molecule has 1 aliphatic heterocycles. The van der Waals surface area contributed by atoms with Crippen LogP contribution in [0, 0.1) is 0 Å². The molecule has 5 nitrogen and oxygen atoms in total. The summed E-state index contributed by atoms with van der Waals surface area (Å²) in [6.45, 7) is 4.77. The molecule has 1 aromatic rings. The third kappa shape index (κ3) is 4.36. The predicted octanol–water partition coefficient (Wildman–Crippen LogP) is 2.15. The number of halogens is 1. The van der Waals surface area contributed by atoms with Crippen molar-refractivity contribution in [2.75, 3.05) is 6.54 Å². The van der Waals surface area contributed by atoms with Crippen LogP contribution in [0.25, 0.3) is 0 Å². The Kier molecular flexibility index (Phi) is 5.07. The van der Waals surface area contributed by atoms with Gasteiger partial charge in [0.1, 0.15) is 0 Å². The Morgan fingerprint density at radius 3 is 2.81 bits per heavy atom. The SMILES string of the molecule is CC(C)NC(=O)N[C@@H]1CC(=O)N(Cc2ccccc2Cl)C1. The number of likely N-dealkylation sites (tertiary alicyclic amines) is 1. The highest BCUT2D eigenvalue weighted by molar-refractivity contribution is 6.31. The lowest BCUT2D eigenvalue weighted by Gasteiger charge is -2.18. The minimum atomic E-state index is -0.234. The molecule has 0 aromatic heterocycles. The zero-order valence-electron chi connectivity index (χ0n) is 12.2. The van der Waals surface area contributed by atoms with E-state index in [-0.39, 0.29) is 24.0 Å². The summed E-state index contributed by atoms with van der Waals surface area (Å²) < 4.78 is 0. The highest BCUT2D eigenvalue weighted by Crippen LogP contribution is 2.20. The van der Waals surface area contributed by atoms with Gasteiger partial charge in [0.2, 0.25) is 5.91 Å². The highest BCUT2D eigenvalue weighted by atomic mass is 35.5. The maximum absolute atomic E-state index is 12.0. The molecule has 1 atom stereocenters. The van der Waals surface area contributed by atoms with Crippen molar-refractivity contribution in [3.8, 4) is 0 Å². The second-order valence-electron chi connectivity index (χ2n) is 5.54. The average Bonchev–Trinajstić information content (AvgIpc) is 2.71. The lowest BCUT2D eigenvalue weighted by atomic mass is 10.2. The molecule has 0 radical (unpaired) electrons. The molecule has 3 amide bonds. The largest absolute Gasteiger partial charge is 0.336 e. The number of carbonyl (C=O) groups is 2. The van der Waals surface area contributed by atoms with Crippen molar-refractivity contribution in [1.82, 2.24) is 15.5 Å². The van der Waals surface area contributed by atoms with Gasteiger partial charge in [0.05, 0.1) is 6.04 Å². The zero-order valence-corrected chi connectivity index (χ0v) is 13.0. The van der Waals surface area contributed by atoms with E-state index >= 15 is 0 Å². The molecule has 6 heteroatoms. The molecule has 0 bridgehead atoms. The standard InChI is InChI=1S/C15H20ClN3O2/c1-10(2)17-15(21)18-12-7-14(20)19(9-12)8-11-5-3-4-6-13(11)16/h3-6,10,12H,7-9H2,1-2H3,(H2,17,18,21)/t12-/m1/s1. The molecule has 0 aliphatic carbocycles. The molecule has 2 rings (SSSR count). The number of amides is 3. The summed E-state index contributed by atoms with van der Waals surface area (Å²) in [4.78, 5) is 25.4. The quantitative estimate of drug-likeness (QED) is 0.895. The summed E-state index contributed by atoms with van der Waals surface area (Å²) in [5.41, 5.74) is 0.916. The lowest BCUT2D eigenvalue weighted by Crippen LogP contribution is -2.45. The van der Waals surface area contributed by atoms with E-state index in [0.717, 1.165) is 5.56 Å². The third-order valence-electron chi connectivity index (χ3n) is 3.29. The van der Waals surface area contributed by atoms with Crippen LogP contribution in [0.1, 0.15) is 25.8 Å². The van der Waals surface area contributed by atoms with Gasteiger partial charge in [0.25, 0.3) is 0 Å². The predicted molar refractivity (Wildman–Crippen MR) is 82.1 cm³/mol. The molecule has 1 fully saturated rings. The first-order valence-electron chi connectivity index (χ1n) is 7.04. The Balaban J connectivity index is 1.91. The first-order chi connectivity index (χ1) is 9.95. The highest BCUT2D eigenvalue weighted by Gasteiger charge is 2.30. The second kappa shape index (κ2) is 6.80. The van der Waals surface area contributed by atoms with Gasteiger partial charge in [-0.3, -0.25) is 4.79 Å². The van der Waals surface area contributed by atoms with Crippen LogP contribution in [0.2, 0.25) is 5.02 Å². The number of nitrogens with zero attached hydrogens (tertiary/aromatic N) is 1. The van der Waals surface area contributed by atoms with E-state index < -0.39 is 0 Å². The molecular weight excluding hydrogens is 290 g/mol. The minimum absolute atomic E-state index is 0.0322. The molecular formula is C15H20ClN3O2. The minimum Gasteiger partial charge on any atom is -0.336 e. The summed E-state index contributed by atoms with van der Waals surface area (Å²) in [6, 6.07) is 7.15. The van der Waals surface area contributed by atoms with Crippen LogP contribution in [0.15, 0.2) is 24.3 Å². The number of nitrogens with one attached hydrogen (secondary N) is 2. The molecule has 1 saturated heterocycles. The Morgan fingerprint density at radius 2 is 2.14 bits per heavy atom. The summed E-state index contributed by atoms with van der Waals surface area (Å²) >= 11 is 6.11. The van der Waals surface area contributed by atoms with Gasteiger partial charge in [-0.2, -0.15) is 0 Å². The topological polar surface area (TPSA) is 61.4 Å². The fraction of sp³-hybridized carbons (Fsp3) is 0.467. The van der Waals surface area contributed by atoms with Crippen LogP contribution in [0.5, 0.6) is 0 Å². The van der Waals surface area contributed by atoms with Crippen molar-refractivity contribution in [2.24, 2.45) is 0 Å². The van der Waals surface area contributed by atoms with Crippen molar-refractivity contribution in [3.63, 3.8) is 0 Å². The number of urea groups is 1. The number of hydrogen-bond acceptors (Lipinski definition) is 2. The summed E-state index contributed by atoms with van der Waals surface area (Å²) in [5, 5.41) is 6.23. The first-order valence-corrected chi connectivity index (χ1v) is 7.41. The van der Waals surface area contributed by atoms with Crippen molar-refractivity contribution in [2.45, 2.75) is 38.9 Å². The van der Waals surface area contributed by atoms with Crippen LogP contribution in [-0.4, -0.2) is 35.5 Å². The van der Waals surface area contributed by atoms with E-state index in [1.54, 1.807) is 4.90 Å². The molecule has 0 spiro atoms. The Labute approximate surface area is 129 Å². The van der Waals surface area contributed by atoms with Gasteiger partial charge in [-0.25, -0.2) is 4.79 Å². The van der Waals surface area contributed by atoms with Crippen LogP contribution >= 0.6 is 11.6 Å². The van der Waals surface area contributed by atoms with Crippen LogP contribution in [0.4, 0.5) is 4.79 Å². The molecule has 114 valence electrons. The number of carbonyl (C=O) groups excluding carboxylic acids is 2. The van der Waals surface area contributed by atoms with Crippen molar-refractivity contribution in [3.05, 3.63) is 34.9 Å². The van der Waals surface area contributed by atoms with Gasteiger partial charge < -0.3 is 15.5 Å². The fourth-order valence-electron chi connectivity index (χ4n) is 2.34. The lowest BCUT2D eigenvalue weighted by molar-refractivity contribution is -0.128. The third-order valence-corrected chi connectivity index (χ3v) is 3.66. The van der Waals surface area contributed by atoms with Gasteiger partial charge in [0, 0.05) is 30.6 Å². The first kappa shape index (κ1) is 15.6. The summed E-state index contributed by atoms with van der Waals surface area (Å²) in [6.07, 6.45) is 0.329. The average molecular weight is 310 g/mol. The molecule has 0 unspecified atom stereocenters. The molecule has 1 aromatic carbocycles. The molecule has 21 heavy (non-hydrogen) atoms. The van der Waals surface area contributed by atoms with Crippen molar-refractivity contribution in [1.29, 1.82) is 0 Å². The van der Waals surface area contributed by atoms with E-state index in [2.05, 4.69) is 10.6 Å². The second-order valence-corrected chi connectivity index (χ2v) is 5.95. The monoisotopic (exact) mass is 309 g/mol. The Morgan fingerprint density at radius 1 is 1.43 bits per heavy atom. The Hall–Kier alpha value is -1.75. The van der Waals surface area contributed by atoms with Crippen LogP contribution in [0.3, 0.4) is 0 Å².